The summed E-state index contributed by atoms with van der Waals surface area (Å²) < 4.78 is 4.61. The molecule has 0 bridgehead atoms. The molecule has 1 amide bonds. The second-order valence-corrected chi connectivity index (χ2v) is 11.7. The lowest BCUT2D eigenvalue weighted by Gasteiger charge is -2.09. The number of aromatic nitrogens is 2. The topological polar surface area (TPSA) is 55.2 Å². The number of benzene rings is 1. The molecule has 3 aromatic heterocycles. The highest BCUT2D eigenvalue weighted by molar-refractivity contribution is 8.30. The number of fused-ring (bicyclic) bond motifs is 1. The van der Waals surface area contributed by atoms with Gasteiger partial charge in [0.05, 0.1) is 9.23 Å². The summed E-state index contributed by atoms with van der Waals surface area (Å²) in [6.45, 7) is 4.83. The molecule has 0 unspecified atom stereocenters. The van der Waals surface area contributed by atoms with Crippen molar-refractivity contribution < 1.29 is 4.79 Å². The number of amides is 1. The van der Waals surface area contributed by atoms with E-state index in [1.54, 1.807) is 32.1 Å². The molecule has 0 spiro atoms. The average molecular weight is 516 g/mol. The molecule has 0 saturated carbocycles. The van der Waals surface area contributed by atoms with Crippen molar-refractivity contribution in [2.24, 2.45) is 0 Å². The molecule has 1 aliphatic rings. The monoisotopic (exact) mass is 515 g/mol. The molecule has 4 heterocycles. The molecule has 10 heteroatoms. The Bertz CT molecular complexity index is 1510. The summed E-state index contributed by atoms with van der Waals surface area (Å²) in [5, 5.41) is 0.995. The Morgan fingerprint density at radius 2 is 1.84 bits per heavy atom. The number of thioether (sulfide) groups is 1. The van der Waals surface area contributed by atoms with Crippen molar-refractivity contribution in [1.82, 2.24) is 14.5 Å². The van der Waals surface area contributed by atoms with Gasteiger partial charge in [-0.15, -0.1) is 34.0 Å². The van der Waals surface area contributed by atoms with E-state index >= 15 is 0 Å². The molecule has 0 N–H and O–H groups in total. The molecule has 5 nitrogen and oxygen atoms in total. The van der Waals surface area contributed by atoms with E-state index in [1.807, 2.05) is 38.1 Å². The maximum atomic E-state index is 13.1. The highest BCUT2D eigenvalue weighted by Crippen LogP contribution is 2.35. The minimum absolute atomic E-state index is 0.0797. The SMILES string of the molecule is CCN1C(=O)/C(=c2\s/c(=C/c3cc4sc(-c5ccccc5)nc4s3)c(=O)n2CC)SC1=S. The molecule has 5 rings (SSSR count). The molecule has 1 saturated heterocycles. The summed E-state index contributed by atoms with van der Waals surface area (Å²) in [4.78, 5) is 34.7. The third-order valence-corrected chi connectivity index (χ3v) is 9.84. The van der Waals surface area contributed by atoms with Crippen LogP contribution >= 0.6 is 58.0 Å². The lowest BCUT2D eigenvalue weighted by atomic mass is 10.2. The smallest absolute Gasteiger partial charge is 0.269 e. The maximum Gasteiger partial charge on any atom is 0.269 e. The molecule has 1 fully saturated rings. The number of thiophene rings is 1. The standard InChI is InChI=1S/C22H17N3O2S5/c1-3-24-19(26)15(31-21(24)16-20(27)25(4-2)22(28)32-16)11-13-10-14-18(29-13)23-17(30-14)12-8-6-5-7-9-12/h5-11H,3-4H2,1-2H3/b15-11+,21-16+. The van der Waals surface area contributed by atoms with Gasteiger partial charge in [0.15, 0.2) is 0 Å². The molecule has 1 aromatic carbocycles. The number of thiocarbonyl (C=S) groups is 1. The molecular weight excluding hydrogens is 499 g/mol. The zero-order chi connectivity index (χ0) is 22.4. The molecular formula is C22H17N3O2S5. The Hall–Kier alpha value is -2.11. The van der Waals surface area contributed by atoms with E-state index in [2.05, 4.69) is 18.2 Å². The normalized spacial score (nSPS) is 16.7. The lowest BCUT2D eigenvalue weighted by Crippen LogP contribution is -2.33. The third kappa shape index (κ3) is 3.69. The highest BCUT2D eigenvalue weighted by atomic mass is 32.2. The van der Waals surface area contributed by atoms with Crippen molar-refractivity contribution in [3.8, 4) is 10.6 Å². The van der Waals surface area contributed by atoms with Crippen LogP contribution in [0.2, 0.25) is 0 Å². The van der Waals surface area contributed by atoms with Gasteiger partial charge in [0.1, 0.15) is 23.7 Å². The predicted octanol–water partition coefficient (Wildman–Crippen LogP) is 4.09. The van der Waals surface area contributed by atoms with Crippen LogP contribution in [0.1, 0.15) is 18.7 Å². The summed E-state index contributed by atoms with van der Waals surface area (Å²) in [6, 6.07) is 12.2. The molecule has 162 valence electrons. The fourth-order valence-electron chi connectivity index (χ4n) is 3.43. The summed E-state index contributed by atoms with van der Waals surface area (Å²) >= 11 is 11.2. The van der Waals surface area contributed by atoms with Crippen LogP contribution in [0.5, 0.6) is 0 Å². The van der Waals surface area contributed by atoms with Gasteiger partial charge in [0, 0.05) is 23.5 Å². The summed E-state index contributed by atoms with van der Waals surface area (Å²) in [7, 11) is 0. The number of hydrogen-bond donors (Lipinski definition) is 0. The van der Waals surface area contributed by atoms with Gasteiger partial charge < -0.3 is 0 Å². The lowest BCUT2D eigenvalue weighted by molar-refractivity contribution is -0.120. The van der Waals surface area contributed by atoms with Crippen LogP contribution in [-0.2, 0) is 11.3 Å². The quantitative estimate of drug-likeness (QED) is 0.383. The first-order valence-corrected chi connectivity index (χ1v) is 13.6. The van der Waals surface area contributed by atoms with Crippen molar-refractivity contribution >= 4 is 88.7 Å². The second kappa shape index (κ2) is 8.68. The molecule has 32 heavy (non-hydrogen) atoms. The van der Waals surface area contributed by atoms with Gasteiger partial charge in [-0.25, -0.2) is 4.98 Å². The number of hydrogen-bond acceptors (Lipinski definition) is 8. The largest absolute Gasteiger partial charge is 0.298 e. The number of nitrogens with zero attached hydrogens (tertiary/aromatic N) is 3. The fraction of sp³-hybridized carbons (Fsp3) is 0.182. The first-order chi connectivity index (χ1) is 15.5. The van der Waals surface area contributed by atoms with Crippen molar-refractivity contribution in [2.45, 2.75) is 20.4 Å². The number of carbonyl (C=O) groups excluding carboxylic acids is 1. The van der Waals surface area contributed by atoms with Crippen molar-refractivity contribution in [3.05, 3.63) is 60.8 Å². The van der Waals surface area contributed by atoms with Gasteiger partial charge in [-0.3, -0.25) is 19.1 Å². The minimum Gasteiger partial charge on any atom is -0.298 e. The number of carbonyl (C=O) groups is 1. The van der Waals surface area contributed by atoms with Crippen LogP contribution in [-0.4, -0.2) is 31.2 Å². The Labute approximate surface area is 205 Å². The summed E-state index contributed by atoms with van der Waals surface area (Å²) in [6.07, 6.45) is 1.91. The molecule has 0 radical (unpaired) electrons. The van der Waals surface area contributed by atoms with Crippen molar-refractivity contribution in [3.63, 3.8) is 0 Å². The van der Waals surface area contributed by atoms with E-state index in [0.29, 0.717) is 31.5 Å². The van der Waals surface area contributed by atoms with Crippen LogP contribution < -0.4 is 14.8 Å². The van der Waals surface area contributed by atoms with Gasteiger partial charge in [-0.1, -0.05) is 54.3 Å². The summed E-state index contributed by atoms with van der Waals surface area (Å²) in [5.74, 6) is -0.119. The third-order valence-electron chi connectivity index (χ3n) is 4.99. The van der Waals surface area contributed by atoms with Crippen LogP contribution in [0, 0.1) is 0 Å². The highest BCUT2D eigenvalue weighted by Gasteiger charge is 2.32. The Morgan fingerprint density at radius 1 is 1.06 bits per heavy atom. The van der Waals surface area contributed by atoms with Crippen LogP contribution in [0.15, 0.2) is 41.2 Å². The van der Waals surface area contributed by atoms with Gasteiger partial charge in [-0.05, 0) is 26.0 Å². The first-order valence-electron chi connectivity index (χ1n) is 9.95. The minimum atomic E-state index is -0.119. The Balaban J connectivity index is 1.59. The number of thiazole rings is 2. The zero-order valence-corrected chi connectivity index (χ0v) is 21.2. The average Bonchev–Trinajstić information content (AvgIpc) is 3.50. The van der Waals surface area contributed by atoms with Gasteiger partial charge >= 0.3 is 0 Å². The van der Waals surface area contributed by atoms with Gasteiger partial charge in [-0.2, -0.15) is 0 Å². The van der Waals surface area contributed by atoms with E-state index in [-0.39, 0.29) is 11.5 Å². The molecule has 0 atom stereocenters. The van der Waals surface area contributed by atoms with Crippen LogP contribution in [0.3, 0.4) is 0 Å². The van der Waals surface area contributed by atoms with Crippen LogP contribution in [0.25, 0.3) is 31.1 Å². The van der Waals surface area contributed by atoms with Gasteiger partial charge in [0.2, 0.25) is 0 Å². The van der Waals surface area contributed by atoms with Crippen molar-refractivity contribution in [1.29, 1.82) is 0 Å². The van der Waals surface area contributed by atoms with E-state index in [0.717, 1.165) is 25.0 Å². The first kappa shape index (κ1) is 21.7. The van der Waals surface area contributed by atoms with Crippen LogP contribution in [0.4, 0.5) is 0 Å². The number of rotatable bonds is 4. The fourth-order valence-corrected chi connectivity index (χ4v) is 8.38. The molecule has 1 aliphatic heterocycles. The summed E-state index contributed by atoms with van der Waals surface area (Å²) in [5.41, 5.74) is 1.03. The van der Waals surface area contributed by atoms with E-state index in [9.17, 15) is 9.59 Å². The van der Waals surface area contributed by atoms with E-state index in [1.165, 1.54) is 23.1 Å². The molecule has 4 aromatic rings. The van der Waals surface area contributed by atoms with Crippen molar-refractivity contribution in [2.75, 3.05) is 6.54 Å². The Kier molecular flexibility index (Phi) is 5.89. The molecule has 0 aliphatic carbocycles. The second-order valence-electron chi connectivity index (χ2n) is 6.91. The Morgan fingerprint density at radius 3 is 2.50 bits per heavy atom. The van der Waals surface area contributed by atoms with Gasteiger partial charge in [0.25, 0.3) is 11.5 Å². The maximum absolute atomic E-state index is 13.1. The predicted molar refractivity (Wildman–Crippen MR) is 141 cm³/mol. The zero-order valence-electron chi connectivity index (χ0n) is 17.2. The van der Waals surface area contributed by atoms with E-state index in [4.69, 9.17) is 17.2 Å². The van der Waals surface area contributed by atoms with E-state index < -0.39 is 0 Å².